The molecule has 0 aliphatic carbocycles. The number of aromatic nitrogens is 1. The highest BCUT2D eigenvalue weighted by atomic mass is 32.1. The van der Waals surface area contributed by atoms with E-state index in [-0.39, 0.29) is 6.03 Å². The van der Waals surface area contributed by atoms with Crippen LogP contribution in [0.15, 0.2) is 60.1 Å². The van der Waals surface area contributed by atoms with Gasteiger partial charge < -0.3 is 10.2 Å². The lowest BCUT2D eigenvalue weighted by Gasteiger charge is -2.23. The average molecular weight is 366 g/mol. The van der Waals surface area contributed by atoms with Crippen LogP contribution in [0, 0.1) is 13.8 Å². The molecule has 4 nitrogen and oxygen atoms in total. The zero-order valence-corrected chi connectivity index (χ0v) is 15.9. The first-order valence-electron chi connectivity index (χ1n) is 8.68. The molecule has 2 aromatic heterocycles. The Hall–Kier alpha value is -2.66. The second kappa shape index (κ2) is 8.63. The number of urea groups is 1. The van der Waals surface area contributed by atoms with E-state index in [0.717, 1.165) is 23.4 Å². The quantitative estimate of drug-likeness (QED) is 0.665. The van der Waals surface area contributed by atoms with Crippen LogP contribution in [0.4, 0.5) is 10.5 Å². The van der Waals surface area contributed by atoms with Gasteiger partial charge in [-0.15, -0.1) is 11.3 Å². The first kappa shape index (κ1) is 18.1. The van der Waals surface area contributed by atoms with Gasteiger partial charge >= 0.3 is 6.03 Å². The number of nitrogens with one attached hydrogen (secondary N) is 1. The van der Waals surface area contributed by atoms with Crippen LogP contribution in [-0.4, -0.2) is 22.5 Å². The molecule has 0 atom stereocenters. The van der Waals surface area contributed by atoms with E-state index in [4.69, 9.17) is 0 Å². The van der Waals surface area contributed by atoms with Gasteiger partial charge in [0.2, 0.25) is 0 Å². The maximum absolute atomic E-state index is 12.9. The number of hydrogen-bond acceptors (Lipinski definition) is 3. The van der Waals surface area contributed by atoms with Crippen molar-refractivity contribution in [1.29, 1.82) is 0 Å². The van der Waals surface area contributed by atoms with Crippen molar-refractivity contribution in [3.63, 3.8) is 0 Å². The van der Waals surface area contributed by atoms with E-state index < -0.39 is 0 Å². The van der Waals surface area contributed by atoms with E-state index in [1.165, 1.54) is 10.4 Å². The number of anilines is 1. The minimum Gasteiger partial charge on any atom is -0.319 e. The summed E-state index contributed by atoms with van der Waals surface area (Å²) in [5.41, 5.74) is 4.12. The zero-order chi connectivity index (χ0) is 18.4. The maximum Gasteiger partial charge on any atom is 0.322 e. The minimum atomic E-state index is -0.0805. The SMILES string of the molecule is Cc1ccccc1NC(=O)N(CCc1ccccn1)Cc1sccc1C. The second-order valence-corrected chi connectivity index (χ2v) is 7.27. The molecule has 0 aliphatic rings. The fraction of sp³-hybridized carbons (Fsp3) is 0.238. The van der Waals surface area contributed by atoms with Crippen LogP contribution >= 0.6 is 11.3 Å². The number of benzene rings is 1. The van der Waals surface area contributed by atoms with Gasteiger partial charge in [0, 0.05) is 35.4 Å². The van der Waals surface area contributed by atoms with Crippen molar-refractivity contribution in [2.24, 2.45) is 0 Å². The largest absolute Gasteiger partial charge is 0.322 e. The molecular formula is C21H23N3OS. The summed E-state index contributed by atoms with van der Waals surface area (Å²) in [6.07, 6.45) is 2.52. The van der Waals surface area contributed by atoms with Crippen LogP contribution < -0.4 is 5.32 Å². The molecule has 2 amide bonds. The number of amides is 2. The lowest BCUT2D eigenvalue weighted by Crippen LogP contribution is -2.36. The molecule has 26 heavy (non-hydrogen) atoms. The van der Waals surface area contributed by atoms with E-state index in [0.29, 0.717) is 13.1 Å². The highest BCUT2D eigenvalue weighted by Crippen LogP contribution is 2.20. The fourth-order valence-electron chi connectivity index (χ4n) is 2.69. The molecule has 2 heterocycles. The van der Waals surface area contributed by atoms with Crippen molar-refractivity contribution in [1.82, 2.24) is 9.88 Å². The average Bonchev–Trinajstić information content (AvgIpc) is 3.06. The Morgan fingerprint density at radius 2 is 1.88 bits per heavy atom. The van der Waals surface area contributed by atoms with E-state index in [2.05, 4.69) is 28.7 Å². The van der Waals surface area contributed by atoms with Gasteiger partial charge in [0.25, 0.3) is 0 Å². The lowest BCUT2D eigenvalue weighted by molar-refractivity contribution is 0.210. The molecule has 1 N–H and O–H groups in total. The van der Waals surface area contributed by atoms with Crippen LogP contribution in [0.1, 0.15) is 21.7 Å². The molecule has 0 saturated heterocycles. The highest BCUT2D eigenvalue weighted by Gasteiger charge is 2.17. The Balaban J connectivity index is 1.74. The summed E-state index contributed by atoms with van der Waals surface area (Å²) in [7, 11) is 0. The maximum atomic E-state index is 12.9. The lowest BCUT2D eigenvalue weighted by atomic mass is 10.2. The molecule has 0 aliphatic heterocycles. The van der Waals surface area contributed by atoms with Crippen LogP contribution in [0.2, 0.25) is 0 Å². The molecule has 3 aromatic rings. The van der Waals surface area contributed by atoms with Gasteiger partial charge in [-0.25, -0.2) is 4.79 Å². The number of hydrogen-bond donors (Lipinski definition) is 1. The Kier molecular flexibility index (Phi) is 6.02. The molecule has 0 bridgehead atoms. The van der Waals surface area contributed by atoms with Gasteiger partial charge in [-0.05, 0) is 54.6 Å². The number of thiophene rings is 1. The predicted molar refractivity (Wildman–Crippen MR) is 108 cm³/mol. The van der Waals surface area contributed by atoms with Crippen molar-refractivity contribution in [3.8, 4) is 0 Å². The summed E-state index contributed by atoms with van der Waals surface area (Å²) < 4.78 is 0. The zero-order valence-electron chi connectivity index (χ0n) is 15.1. The minimum absolute atomic E-state index is 0.0805. The normalized spacial score (nSPS) is 10.5. The van der Waals surface area contributed by atoms with Crippen molar-refractivity contribution < 1.29 is 4.79 Å². The Morgan fingerprint density at radius 1 is 1.08 bits per heavy atom. The Bertz CT molecular complexity index is 860. The molecule has 134 valence electrons. The third-order valence-electron chi connectivity index (χ3n) is 4.34. The van der Waals surface area contributed by atoms with Gasteiger partial charge in [0.05, 0.1) is 6.54 Å². The van der Waals surface area contributed by atoms with Crippen molar-refractivity contribution in [2.75, 3.05) is 11.9 Å². The molecule has 0 radical (unpaired) electrons. The van der Waals surface area contributed by atoms with Crippen molar-refractivity contribution in [3.05, 3.63) is 81.8 Å². The van der Waals surface area contributed by atoms with Crippen LogP contribution in [0.3, 0.4) is 0 Å². The third-order valence-corrected chi connectivity index (χ3v) is 5.35. The van der Waals surface area contributed by atoms with Crippen LogP contribution in [0.5, 0.6) is 0 Å². The van der Waals surface area contributed by atoms with Gasteiger partial charge in [-0.1, -0.05) is 24.3 Å². The number of carbonyl (C=O) groups excluding carboxylic acids is 1. The van der Waals surface area contributed by atoms with Crippen LogP contribution in [-0.2, 0) is 13.0 Å². The number of carbonyl (C=O) groups is 1. The van der Waals surface area contributed by atoms with E-state index in [9.17, 15) is 4.79 Å². The van der Waals surface area contributed by atoms with Crippen molar-refractivity contribution >= 4 is 23.1 Å². The number of rotatable bonds is 6. The van der Waals surface area contributed by atoms with Crippen molar-refractivity contribution in [2.45, 2.75) is 26.8 Å². The number of para-hydroxylation sites is 1. The van der Waals surface area contributed by atoms with Gasteiger partial charge in [0.1, 0.15) is 0 Å². The monoisotopic (exact) mass is 365 g/mol. The number of nitrogens with zero attached hydrogens (tertiary/aromatic N) is 2. The molecule has 3 rings (SSSR count). The summed E-state index contributed by atoms with van der Waals surface area (Å²) in [6, 6.07) is 15.7. The molecule has 5 heteroatoms. The molecule has 0 unspecified atom stereocenters. The smallest absolute Gasteiger partial charge is 0.319 e. The standard InChI is InChI=1S/C21H23N3OS/c1-16-7-3-4-9-19(16)23-21(25)24(15-20-17(2)11-14-26-20)13-10-18-8-5-6-12-22-18/h3-9,11-12,14H,10,13,15H2,1-2H3,(H,23,25). The Morgan fingerprint density at radius 3 is 2.58 bits per heavy atom. The predicted octanol–water partition coefficient (Wildman–Crippen LogP) is 5.04. The highest BCUT2D eigenvalue weighted by molar-refractivity contribution is 7.10. The van der Waals surface area contributed by atoms with E-state index >= 15 is 0 Å². The first-order chi connectivity index (χ1) is 12.6. The summed E-state index contributed by atoms with van der Waals surface area (Å²) in [5.74, 6) is 0. The topological polar surface area (TPSA) is 45.2 Å². The molecule has 0 fully saturated rings. The molecule has 0 saturated carbocycles. The summed E-state index contributed by atoms with van der Waals surface area (Å²) >= 11 is 1.69. The van der Waals surface area contributed by atoms with E-state index in [1.807, 2.05) is 54.3 Å². The second-order valence-electron chi connectivity index (χ2n) is 6.26. The summed E-state index contributed by atoms with van der Waals surface area (Å²) in [5, 5.41) is 5.12. The van der Waals surface area contributed by atoms with Crippen LogP contribution in [0.25, 0.3) is 0 Å². The summed E-state index contributed by atoms with van der Waals surface area (Å²) in [4.78, 5) is 20.4. The molecule has 1 aromatic carbocycles. The number of aryl methyl sites for hydroxylation is 2. The van der Waals surface area contributed by atoms with Gasteiger partial charge in [-0.2, -0.15) is 0 Å². The first-order valence-corrected chi connectivity index (χ1v) is 9.56. The fourth-order valence-corrected chi connectivity index (χ4v) is 3.62. The van der Waals surface area contributed by atoms with Gasteiger partial charge in [-0.3, -0.25) is 4.98 Å². The molecular weight excluding hydrogens is 342 g/mol. The molecule has 0 spiro atoms. The van der Waals surface area contributed by atoms with Gasteiger partial charge in [0.15, 0.2) is 0 Å². The third kappa shape index (κ3) is 4.70. The summed E-state index contributed by atoms with van der Waals surface area (Å²) in [6.45, 7) is 5.30. The Labute approximate surface area is 158 Å². The number of pyridine rings is 1. The van der Waals surface area contributed by atoms with E-state index in [1.54, 1.807) is 17.5 Å².